The van der Waals surface area contributed by atoms with Crippen LogP contribution in [-0.2, 0) is 0 Å². The molecule has 6 nitrogen and oxygen atoms in total. The minimum atomic E-state index is -0.0544. The van der Waals surface area contributed by atoms with Crippen molar-refractivity contribution in [3.63, 3.8) is 0 Å². The topological polar surface area (TPSA) is 60.2 Å². The second kappa shape index (κ2) is 6.18. The van der Waals surface area contributed by atoms with E-state index in [1.54, 1.807) is 42.6 Å². The first-order valence-electron chi connectivity index (χ1n) is 6.55. The Balaban J connectivity index is 2.50. The molecule has 0 aliphatic carbocycles. The van der Waals surface area contributed by atoms with Crippen molar-refractivity contribution in [3.05, 3.63) is 36.2 Å². The van der Waals surface area contributed by atoms with E-state index in [-0.39, 0.29) is 5.91 Å². The van der Waals surface area contributed by atoms with Gasteiger partial charge in [-0.15, -0.1) is 0 Å². The Labute approximate surface area is 118 Å². The lowest BCUT2D eigenvalue weighted by atomic mass is 10.1. The number of benzene rings is 1. The molecule has 0 saturated carbocycles. The van der Waals surface area contributed by atoms with Crippen LogP contribution in [-0.4, -0.2) is 46.0 Å². The molecule has 0 aliphatic heterocycles. The van der Waals surface area contributed by atoms with Gasteiger partial charge in [-0.1, -0.05) is 0 Å². The maximum atomic E-state index is 12.6. The van der Waals surface area contributed by atoms with Crippen molar-refractivity contribution in [1.82, 2.24) is 19.9 Å². The fourth-order valence-electron chi connectivity index (χ4n) is 2.01. The predicted octanol–water partition coefficient (Wildman–Crippen LogP) is 1.76. The molecule has 0 bridgehead atoms. The highest BCUT2D eigenvalue weighted by molar-refractivity contribution is 5.98. The maximum absolute atomic E-state index is 12.6. The van der Waals surface area contributed by atoms with E-state index in [0.29, 0.717) is 30.1 Å². The van der Waals surface area contributed by atoms with Crippen LogP contribution in [0.3, 0.4) is 0 Å². The summed E-state index contributed by atoms with van der Waals surface area (Å²) in [4.78, 5) is 15.8. The van der Waals surface area contributed by atoms with E-state index in [2.05, 4.69) is 10.2 Å². The normalized spacial score (nSPS) is 10.3. The predicted molar refractivity (Wildman–Crippen MR) is 75.2 cm³/mol. The second-order valence-corrected chi connectivity index (χ2v) is 4.18. The van der Waals surface area contributed by atoms with E-state index in [1.165, 1.54) is 4.80 Å². The quantitative estimate of drug-likeness (QED) is 0.833. The van der Waals surface area contributed by atoms with Crippen molar-refractivity contribution in [2.24, 2.45) is 0 Å². The molecular weight excluding hydrogens is 256 g/mol. The molecule has 1 aromatic heterocycles. The smallest absolute Gasteiger partial charge is 0.256 e. The van der Waals surface area contributed by atoms with Gasteiger partial charge in [0.05, 0.1) is 30.8 Å². The molecule has 0 N–H and O–H groups in total. The number of rotatable bonds is 5. The van der Waals surface area contributed by atoms with Crippen LogP contribution < -0.4 is 4.74 Å². The fraction of sp³-hybridized carbons (Fsp3) is 0.357. The number of carbonyl (C=O) groups excluding carboxylic acids is 1. The summed E-state index contributed by atoms with van der Waals surface area (Å²) in [5.74, 6) is 0.581. The molecule has 20 heavy (non-hydrogen) atoms. The molecule has 0 aliphatic rings. The number of hydrogen-bond acceptors (Lipinski definition) is 4. The molecule has 106 valence electrons. The van der Waals surface area contributed by atoms with E-state index >= 15 is 0 Å². The van der Waals surface area contributed by atoms with Crippen molar-refractivity contribution >= 4 is 5.91 Å². The largest absolute Gasteiger partial charge is 0.497 e. The van der Waals surface area contributed by atoms with E-state index < -0.39 is 0 Å². The summed E-state index contributed by atoms with van der Waals surface area (Å²) in [6.45, 7) is 5.21. The summed E-state index contributed by atoms with van der Waals surface area (Å²) < 4.78 is 5.20. The highest BCUT2D eigenvalue weighted by atomic mass is 16.5. The van der Waals surface area contributed by atoms with Gasteiger partial charge in [-0.3, -0.25) is 4.79 Å². The molecule has 1 amide bonds. The van der Waals surface area contributed by atoms with Crippen molar-refractivity contribution < 1.29 is 9.53 Å². The van der Waals surface area contributed by atoms with Crippen LogP contribution in [0.1, 0.15) is 24.2 Å². The number of nitrogens with zero attached hydrogens (tertiary/aromatic N) is 4. The number of ether oxygens (including phenoxy) is 1. The van der Waals surface area contributed by atoms with Gasteiger partial charge in [-0.25, -0.2) is 0 Å². The molecule has 0 saturated heterocycles. The third-order valence-electron chi connectivity index (χ3n) is 3.12. The van der Waals surface area contributed by atoms with Crippen molar-refractivity contribution in [2.45, 2.75) is 13.8 Å². The van der Waals surface area contributed by atoms with Crippen molar-refractivity contribution in [3.8, 4) is 11.4 Å². The maximum Gasteiger partial charge on any atom is 0.256 e. The number of aromatic nitrogens is 3. The Morgan fingerprint density at radius 1 is 1.25 bits per heavy atom. The third-order valence-corrected chi connectivity index (χ3v) is 3.12. The number of methoxy groups -OCH3 is 1. The van der Waals surface area contributed by atoms with Gasteiger partial charge >= 0.3 is 0 Å². The van der Waals surface area contributed by atoms with Crippen LogP contribution in [0.25, 0.3) is 5.69 Å². The zero-order valence-corrected chi connectivity index (χ0v) is 11.9. The average Bonchev–Trinajstić information content (AvgIpc) is 3.01. The lowest BCUT2D eigenvalue weighted by Crippen LogP contribution is -2.31. The molecule has 0 spiro atoms. The molecule has 0 atom stereocenters. The monoisotopic (exact) mass is 274 g/mol. The minimum Gasteiger partial charge on any atom is -0.497 e. The molecule has 2 rings (SSSR count). The lowest BCUT2D eigenvalue weighted by molar-refractivity contribution is 0.0772. The zero-order valence-electron chi connectivity index (χ0n) is 11.9. The SMILES string of the molecule is CCN(CC)C(=O)c1cc(OC)ccc1-n1nccn1. The van der Waals surface area contributed by atoms with E-state index in [4.69, 9.17) is 4.74 Å². The Morgan fingerprint density at radius 3 is 2.45 bits per heavy atom. The first-order chi connectivity index (χ1) is 9.71. The average molecular weight is 274 g/mol. The van der Waals surface area contributed by atoms with Crippen LogP contribution in [0.5, 0.6) is 5.75 Å². The number of carbonyl (C=O) groups is 1. The van der Waals surface area contributed by atoms with Gasteiger partial charge in [0, 0.05) is 13.1 Å². The van der Waals surface area contributed by atoms with Gasteiger partial charge in [0.25, 0.3) is 5.91 Å². The first-order valence-corrected chi connectivity index (χ1v) is 6.55. The Bertz CT molecular complexity index is 577. The van der Waals surface area contributed by atoms with Gasteiger partial charge in [-0.05, 0) is 32.0 Å². The summed E-state index contributed by atoms with van der Waals surface area (Å²) in [6, 6.07) is 5.30. The molecule has 0 fully saturated rings. The standard InChI is InChI=1S/C14H18N4O2/c1-4-17(5-2)14(19)12-10-11(20-3)6-7-13(12)18-15-8-9-16-18/h6-10H,4-5H2,1-3H3. The minimum absolute atomic E-state index is 0.0544. The number of amides is 1. The summed E-state index contributed by atoms with van der Waals surface area (Å²) in [7, 11) is 1.58. The van der Waals surface area contributed by atoms with Crippen molar-refractivity contribution in [1.29, 1.82) is 0 Å². The summed E-state index contributed by atoms with van der Waals surface area (Å²) in [5, 5.41) is 8.18. The van der Waals surface area contributed by atoms with E-state index in [0.717, 1.165) is 0 Å². The first kappa shape index (κ1) is 14.0. The van der Waals surface area contributed by atoms with E-state index in [1.807, 2.05) is 13.8 Å². The van der Waals surface area contributed by atoms with Gasteiger partial charge < -0.3 is 9.64 Å². The zero-order chi connectivity index (χ0) is 14.5. The van der Waals surface area contributed by atoms with Crippen molar-refractivity contribution in [2.75, 3.05) is 20.2 Å². The highest BCUT2D eigenvalue weighted by Crippen LogP contribution is 2.21. The van der Waals surface area contributed by atoms with Crippen LogP contribution in [0.15, 0.2) is 30.6 Å². The van der Waals surface area contributed by atoms with Gasteiger partial charge in [-0.2, -0.15) is 15.0 Å². The van der Waals surface area contributed by atoms with E-state index in [9.17, 15) is 4.79 Å². The van der Waals surface area contributed by atoms with Crippen LogP contribution in [0, 0.1) is 0 Å². The van der Waals surface area contributed by atoms with Gasteiger partial charge in [0.1, 0.15) is 5.75 Å². The fourth-order valence-corrected chi connectivity index (χ4v) is 2.01. The summed E-state index contributed by atoms with van der Waals surface area (Å²) in [6.07, 6.45) is 3.16. The molecule has 6 heteroatoms. The summed E-state index contributed by atoms with van der Waals surface area (Å²) in [5.41, 5.74) is 1.18. The molecular formula is C14H18N4O2. The third kappa shape index (κ3) is 2.64. The van der Waals surface area contributed by atoms with Gasteiger partial charge in [0.15, 0.2) is 0 Å². The molecule has 0 unspecified atom stereocenters. The Kier molecular flexibility index (Phi) is 4.34. The lowest BCUT2D eigenvalue weighted by Gasteiger charge is -2.20. The van der Waals surface area contributed by atoms with Crippen LogP contribution in [0.2, 0.25) is 0 Å². The second-order valence-electron chi connectivity index (χ2n) is 4.18. The van der Waals surface area contributed by atoms with Crippen LogP contribution >= 0.6 is 0 Å². The molecule has 0 radical (unpaired) electrons. The van der Waals surface area contributed by atoms with Crippen LogP contribution in [0.4, 0.5) is 0 Å². The molecule has 1 aromatic carbocycles. The summed E-state index contributed by atoms with van der Waals surface area (Å²) >= 11 is 0. The Morgan fingerprint density at radius 2 is 1.90 bits per heavy atom. The number of hydrogen-bond donors (Lipinski definition) is 0. The highest BCUT2D eigenvalue weighted by Gasteiger charge is 2.19. The van der Waals surface area contributed by atoms with Gasteiger partial charge in [0.2, 0.25) is 0 Å². The Hall–Kier alpha value is -2.37. The molecule has 1 heterocycles. The molecule has 2 aromatic rings.